The van der Waals surface area contributed by atoms with Gasteiger partial charge in [-0.2, -0.15) is 0 Å². The van der Waals surface area contributed by atoms with E-state index in [4.69, 9.17) is 5.73 Å². The molecule has 11 heavy (non-hydrogen) atoms. The molecular formula is C6H9N3O2. The molecule has 1 heterocycles. The van der Waals surface area contributed by atoms with Crippen molar-refractivity contribution in [2.75, 3.05) is 0 Å². The normalized spacial score (nSPS) is 10.0. The van der Waals surface area contributed by atoms with E-state index in [-0.39, 0.29) is 12.1 Å². The third-order valence-electron chi connectivity index (χ3n) is 1.47. The van der Waals surface area contributed by atoms with Gasteiger partial charge in [0.2, 0.25) is 0 Å². The van der Waals surface area contributed by atoms with Crippen LogP contribution in [0.1, 0.15) is 5.56 Å². The van der Waals surface area contributed by atoms with Crippen LogP contribution in [-0.2, 0) is 13.6 Å². The number of H-pyrrole nitrogens is 1. The van der Waals surface area contributed by atoms with Gasteiger partial charge in [-0.15, -0.1) is 0 Å². The highest BCUT2D eigenvalue weighted by Gasteiger charge is 1.99. The smallest absolute Gasteiger partial charge is 0.326 e. The minimum absolute atomic E-state index is 0.142. The molecule has 0 fully saturated rings. The van der Waals surface area contributed by atoms with Gasteiger partial charge in [0.15, 0.2) is 0 Å². The van der Waals surface area contributed by atoms with Crippen LogP contribution in [0.4, 0.5) is 0 Å². The van der Waals surface area contributed by atoms with Crippen LogP contribution in [0.5, 0.6) is 0 Å². The summed E-state index contributed by atoms with van der Waals surface area (Å²) in [5, 5.41) is 0. The summed E-state index contributed by atoms with van der Waals surface area (Å²) >= 11 is 0. The number of aromatic nitrogens is 2. The first-order valence-electron chi connectivity index (χ1n) is 3.14. The molecule has 3 N–H and O–H groups in total. The highest BCUT2D eigenvalue weighted by atomic mass is 16.2. The molecule has 5 heteroatoms. The first-order chi connectivity index (χ1) is 5.16. The zero-order valence-corrected chi connectivity index (χ0v) is 6.13. The molecule has 0 aliphatic heterocycles. The summed E-state index contributed by atoms with van der Waals surface area (Å²) in [5.74, 6) is 0. The Kier molecular flexibility index (Phi) is 1.91. The Morgan fingerprint density at radius 3 is 2.82 bits per heavy atom. The Morgan fingerprint density at radius 1 is 1.64 bits per heavy atom. The Morgan fingerprint density at radius 2 is 2.27 bits per heavy atom. The molecule has 1 aromatic rings. The first kappa shape index (κ1) is 7.74. The second kappa shape index (κ2) is 2.71. The van der Waals surface area contributed by atoms with Gasteiger partial charge in [-0.05, 0) is 0 Å². The van der Waals surface area contributed by atoms with E-state index in [9.17, 15) is 9.59 Å². The lowest BCUT2D eigenvalue weighted by Gasteiger charge is -1.97. The molecule has 0 amide bonds. The van der Waals surface area contributed by atoms with E-state index in [1.54, 1.807) is 0 Å². The Balaban J connectivity index is 3.50. The van der Waals surface area contributed by atoms with Crippen molar-refractivity contribution in [1.82, 2.24) is 9.55 Å². The maximum atomic E-state index is 11.1. The van der Waals surface area contributed by atoms with E-state index < -0.39 is 5.69 Å². The fraction of sp³-hybridized carbons (Fsp3) is 0.333. The van der Waals surface area contributed by atoms with Gasteiger partial charge in [-0.3, -0.25) is 9.36 Å². The van der Waals surface area contributed by atoms with Gasteiger partial charge >= 0.3 is 5.69 Å². The maximum absolute atomic E-state index is 11.1. The Bertz CT molecular complexity index is 363. The predicted molar refractivity (Wildman–Crippen MR) is 40.2 cm³/mol. The second-order valence-corrected chi connectivity index (χ2v) is 2.19. The molecule has 0 saturated carbocycles. The van der Waals surface area contributed by atoms with Gasteiger partial charge in [0.25, 0.3) is 5.56 Å². The van der Waals surface area contributed by atoms with Gasteiger partial charge < -0.3 is 10.7 Å². The number of hydrogen-bond donors (Lipinski definition) is 2. The molecule has 1 aromatic heterocycles. The Hall–Kier alpha value is -1.36. The molecule has 0 atom stereocenters. The lowest BCUT2D eigenvalue weighted by Crippen LogP contribution is -2.35. The molecule has 0 saturated heterocycles. The summed E-state index contributed by atoms with van der Waals surface area (Å²) in [6.45, 7) is 0.142. The number of nitrogens with one attached hydrogen (secondary N) is 1. The SMILES string of the molecule is Cn1c(=O)[nH]cc(CN)c1=O. The van der Waals surface area contributed by atoms with Gasteiger partial charge in [0.1, 0.15) is 0 Å². The third kappa shape index (κ3) is 1.22. The van der Waals surface area contributed by atoms with Crippen LogP contribution in [-0.4, -0.2) is 9.55 Å². The minimum Gasteiger partial charge on any atom is -0.326 e. The summed E-state index contributed by atoms with van der Waals surface area (Å²) < 4.78 is 0.988. The summed E-state index contributed by atoms with van der Waals surface area (Å²) in [6.07, 6.45) is 1.34. The van der Waals surface area contributed by atoms with E-state index in [0.717, 1.165) is 4.57 Å². The zero-order valence-electron chi connectivity index (χ0n) is 6.13. The molecule has 0 radical (unpaired) electrons. The van der Waals surface area contributed by atoms with Crippen LogP contribution in [0, 0.1) is 0 Å². The average Bonchev–Trinajstić information content (AvgIpc) is 2.01. The largest absolute Gasteiger partial charge is 0.328 e. The average molecular weight is 155 g/mol. The van der Waals surface area contributed by atoms with Gasteiger partial charge in [0, 0.05) is 25.4 Å². The second-order valence-electron chi connectivity index (χ2n) is 2.19. The summed E-state index contributed by atoms with van der Waals surface area (Å²) in [5.41, 5.74) is 4.88. The lowest BCUT2D eigenvalue weighted by molar-refractivity contribution is 0.752. The molecule has 5 nitrogen and oxygen atoms in total. The van der Waals surface area contributed by atoms with E-state index >= 15 is 0 Å². The first-order valence-corrected chi connectivity index (χ1v) is 3.14. The van der Waals surface area contributed by atoms with Crippen molar-refractivity contribution in [3.63, 3.8) is 0 Å². The van der Waals surface area contributed by atoms with Gasteiger partial charge in [-0.1, -0.05) is 0 Å². The topological polar surface area (TPSA) is 80.9 Å². The minimum atomic E-state index is -0.424. The maximum Gasteiger partial charge on any atom is 0.328 e. The molecule has 0 bridgehead atoms. The predicted octanol–water partition coefficient (Wildman–Crippen LogP) is -1.47. The molecule has 0 spiro atoms. The fourth-order valence-corrected chi connectivity index (χ4v) is 0.761. The lowest BCUT2D eigenvalue weighted by atomic mass is 10.3. The number of rotatable bonds is 1. The van der Waals surface area contributed by atoms with Crippen LogP contribution < -0.4 is 17.0 Å². The van der Waals surface area contributed by atoms with Crippen molar-refractivity contribution in [1.29, 1.82) is 0 Å². The van der Waals surface area contributed by atoms with E-state index in [1.807, 2.05) is 0 Å². The van der Waals surface area contributed by atoms with Crippen molar-refractivity contribution in [3.05, 3.63) is 32.6 Å². The highest BCUT2D eigenvalue weighted by molar-refractivity contribution is 5.02. The fourth-order valence-electron chi connectivity index (χ4n) is 0.761. The summed E-state index contributed by atoms with van der Waals surface area (Å²) in [4.78, 5) is 24.2. The Labute approximate surface area is 62.5 Å². The quantitative estimate of drug-likeness (QED) is 0.519. The van der Waals surface area contributed by atoms with Crippen molar-refractivity contribution >= 4 is 0 Å². The molecular weight excluding hydrogens is 146 g/mol. The van der Waals surface area contributed by atoms with Crippen LogP contribution in [0.2, 0.25) is 0 Å². The third-order valence-corrected chi connectivity index (χ3v) is 1.47. The molecule has 0 aliphatic carbocycles. The van der Waals surface area contributed by atoms with Crippen LogP contribution in [0.15, 0.2) is 15.8 Å². The molecule has 0 unspecified atom stereocenters. The van der Waals surface area contributed by atoms with Crippen molar-refractivity contribution in [3.8, 4) is 0 Å². The van der Waals surface area contributed by atoms with E-state index in [0.29, 0.717) is 5.56 Å². The van der Waals surface area contributed by atoms with E-state index in [2.05, 4.69) is 4.98 Å². The number of nitrogens with zero attached hydrogens (tertiary/aromatic N) is 1. The van der Waals surface area contributed by atoms with Crippen LogP contribution >= 0.6 is 0 Å². The number of nitrogens with two attached hydrogens (primary N) is 1. The zero-order chi connectivity index (χ0) is 8.43. The van der Waals surface area contributed by atoms with Crippen molar-refractivity contribution in [2.24, 2.45) is 12.8 Å². The summed E-state index contributed by atoms with van der Waals surface area (Å²) in [7, 11) is 1.40. The van der Waals surface area contributed by atoms with Crippen LogP contribution in [0.25, 0.3) is 0 Å². The van der Waals surface area contributed by atoms with Crippen molar-refractivity contribution in [2.45, 2.75) is 6.54 Å². The molecule has 1 rings (SSSR count). The van der Waals surface area contributed by atoms with E-state index in [1.165, 1.54) is 13.2 Å². The molecule has 60 valence electrons. The summed E-state index contributed by atoms with van der Waals surface area (Å²) in [6, 6.07) is 0. The molecule has 0 aromatic carbocycles. The number of hydrogen-bond acceptors (Lipinski definition) is 3. The monoisotopic (exact) mass is 155 g/mol. The van der Waals surface area contributed by atoms with Gasteiger partial charge in [-0.25, -0.2) is 4.79 Å². The van der Waals surface area contributed by atoms with Crippen LogP contribution in [0.3, 0.4) is 0 Å². The molecule has 0 aliphatic rings. The standard InChI is InChI=1S/C6H9N3O2/c1-9-5(10)4(2-7)3-8-6(9)11/h3H,2,7H2,1H3,(H,8,11). The highest BCUT2D eigenvalue weighted by Crippen LogP contribution is 1.79. The van der Waals surface area contributed by atoms with Gasteiger partial charge in [0.05, 0.1) is 0 Å². The number of aromatic amines is 1. The van der Waals surface area contributed by atoms with Crippen molar-refractivity contribution < 1.29 is 0 Å².